The molecule has 0 saturated heterocycles. The molecule has 0 aliphatic carbocycles. The van der Waals surface area contributed by atoms with E-state index in [0.717, 1.165) is 22.5 Å². The van der Waals surface area contributed by atoms with Crippen LogP contribution in [0.15, 0.2) is 54.9 Å². The number of thiocarbonyl (C=S) groups is 1. The monoisotopic (exact) mass is 353 g/mol. The van der Waals surface area contributed by atoms with Gasteiger partial charge in [-0.2, -0.15) is 0 Å². The summed E-state index contributed by atoms with van der Waals surface area (Å²) in [7, 11) is 3.27. The fourth-order valence-corrected chi connectivity index (χ4v) is 3.02. The van der Waals surface area contributed by atoms with Crippen molar-refractivity contribution >= 4 is 17.2 Å². The van der Waals surface area contributed by atoms with Gasteiger partial charge in [0.05, 0.1) is 14.2 Å². The van der Waals surface area contributed by atoms with E-state index in [4.69, 9.17) is 27.4 Å². The molecule has 25 heavy (non-hydrogen) atoms. The second kappa shape index (κ2) is 7.36. The van der Waals surface area contributed by atoms with Crippen molar-refractivity contribution in [2.24, 2.45) is 5.73 Å². The molecule has 3 rings (SSSR count). The van der Waals surface area contributed by atoms with E-state index in [2.05, 4.69) is 4.98 Å². The molecule has 3 aromatic rings. The molecule has 0 bridgehead atoms. The van der Waals surface area contributed by atoms with Crippen LogP contribution < -0.4 is 15.2 Å². The minimum Gasteiger partial charge on any atom is -0.496 e. The zero-order chi connectivity index (χ0) is 17.8. The summed E-state index contributed by atoms with van der Waals surface area (Å²) in [5.41, 5.74) is 8.56. The molecule has 5 nitrogen and oxygen atoms in total. The van der Waals surface area contributed by atoms with Crippen LogP contribution in [0.4, 0.5) is 0 Å². The summed E-state index contributed by atoms with van der Waals surface area (Å²) in [6.07, 6.45) is 3.67. The third-order valence-electron chi connectivity index (χ3n) is 3.99. The van der Waals surface area contributed by atoms with E-state index in [0.29, 0.717) is 23.0 Å². The maximum Gasteiger partial charge on any atom is 0.147 e. The van der Waals surface area contributed by atoms with E-state index in [1.54, 1.807) is 20.4 Å². The average molecular weight is 353 g/mol. The summed E-state index contributed by atoms with van der Waals surface area (Å²) < 4.78 is 13.0. The fourth-order valence-electron chi connectivity index (χ4n) is 2.82. The number of benzene rings is 2. The van der Waals surface area contributed by atoms with Gasteiger partial charge < -0.3 is 19.8 Å². The van der Waals surface area contributed by atoms with Gasteiger partial charge in [-0.15, -0.1) is 0 Å². The Morgan fingerprint density at radius 3 is 2.40 bits per heavy atom. The lowest BCUT2D eigenvalue weighted by atomic mass is 10.1. The molecule has 0 saturated carbocycles. The first-order valence-corrected chi connectivity index (χ1v) is 8.16. The molecule has 128 valence electrons. The smallest absolute Gasteiger partial charge is 0.147 e. The number of hydrogen-bond acceptors (Lipinski definition) is 4. The standard InChI is InChI=1S/C19H19N3O2S/c1-23-15-8-5-9-16(24-2)17(15)19-21-10-11-22(19)12-13-6-3-4-7-14(13)18(20)25/h3-11H,12H2,1-2H3,(H2,20,25). The molecule has 0 unspecified atom stereocenters. The predicted molar refractivity (Wildman–Crippen MR) is 102 cm³/mol. The number of aromatic nitrogens is 2. The summed E-state index contributed by atoms with van der Waals surface area (Å²) >= 11 is 5.16. The molecule has 1 heterocycles. The third-order valence-corrected chi connectivity index (χ3v) is 4.21. The summed E-state index contributed by atoms with van der Waals surface area (Å²) in [5, 5.41) is 0. The molecular weight excluding hydrogens is 334 g/mol. The SMILES string of the molecule is COc1cccc(OC)c1-c1nccn1Cc1ccccc1C(N)=S. The maximum atomic E-state index is 5.85. The quantitative estimate of drug-likeness (QED) is 0.689. The van der Waals surface area contributed by atoms with Crippen LogP contribution in [0.5, 0.6) is 11.5 Å². The normalized spacial score (nSPS) is 10.5. The Labute approximate surface area is 152 Å². The highest BCUT2D eigenvalue weighted by Crippen LogP contribution is 2.37. The minimum atomic E-state index is 0.382. The van der Waals surface area contributed by atoms with E-state index in [9.17, 15) is 0 Å². The second-order valence-corrected chi connectivity index (χ2v) is 5.88. The van der Waals surface area contributed by atoms with Gasteiger partial charge in [0, 0.05) is 24.5 Å². The van der Waals surface area contributed by atoms with E-state index in [1.165, 1.54) is 0 Å². The van der Waals surface area contributed by atoms with Gasteiger partial charge in [0.25, 0.3) is 0 Å². The molecule has 0 aliphatic rings. The Kier molecular flexibility index (Phi) is 5.00. The van der Waals surface area contributed by atoms with Gasteiger partial charge in [0.1, 0.15) is 27.9 Å². The first-order chi connectivity index (χ1) is 12.2. The van der Waals surface area contributed by atoms with Gasteiger partial charge in [-0.25, -0.2) is 4.98 Å². The van der Waals surface area contributed by atoms with Crippen molar-refractivity contribution in [3.8, 4) is 22.9 Å². The Morgan fingerprint density at radius 2 is 1.76 bits per heavy atom. The predicted octanol–water partition coefficient (Wildman–Crippen LogP) is 3.25. The van der Waals surface area contributed by atoms with Crippen molar-refractivity contribution in [2.75, 3.05) is 14.2 Å². The molecule has 0 atom stereocenters. The lowest BCUT2D eigenvalue weighted by Crippen LogP contribution is -2.14. The van der Waals surface area contributed by atoms with Crippen LogP contribution in [0.25, 0.3) is 11.4 Å². The van der Waals surface area contributed by atoms with Crippen molar-refractivity contribution in [2.45, 2.75) is 6.54 Å². The van der Waals surface area contributed by atoms with E-state index < -0.39 is 0 Å². The molecule has 2 aromatic carbocycles. The third kappa shape index (κ3) is 3.34. The van der Waals surface area contributed by atoms with Crippen LogP contribution >= 0.6 is 12.2 Å². The number of nitrogens with zero attached hydrogens (tertiary/aromatic N) is 2. The molecule has 2 N–H and O–H groups in total. The highest BCUT2D eigenvalue weighted by molar-refractivity contribution is 7.80. The summed E-state index contributed by atoms with van der Waals surface area (Å²) in [4.78, 5) is 4.89. The minimum absolute atomic E-state index is 0.382. The number of hydrogen-bond donors (Lipinski definition) is 1. The van der Waals surface area contributed by atoms with Gasteiger partial charge in [0.2, 0.25) is 0 Å². The van der Waals surface area contributed by atoms with Crippen molar-refractivity contribution in [1.82, 2.24) is 9.55 Å². The molecular formula is C19H19N3O2S. The van der Waals surface area contributed by atoms with E-state index >= 15 is 0 Å². The number of rotatable bonds is 6. The van der Waals surface area contributed by atoms with Crippen molar-refractivity contribution in [1.29, 1.82) is 0 Å². The van der Waals surface area contributed by atoms with Gasteiger partial charge in [-0.1, -0.05) is 42.5 Å². The Bertz CT molecular complexity index is 883. The van der Waals surface area contributed by atoms with Crippen molar-refractivity contribution in [3.63, 3.8) is 0 Å². The Morgan fingerprint density at radius 1 is 1.08 bits per heavy atom. The van der Waals surface area contributed by atoms with Crippen LogP contribution in [-0.4, -0.2) is 28.8 Å². The van der Waals surface area contributed by atoms with Gasteiger partial charge in [-0.3, -0.25) is 0 Å². The number of nitrogens with two attached hydrogens (primary N) is 1. The molecule has 0 amide bonds. The number of imidazole rings is 1. The lowest BCUT2D eigenvalue weighted by molar-refractivity contribution is 0.396. The average Bonchev–Trinajstić information content (AvgIpc) is 3.08. The molecule has 0 radical (unpaired) electrons. The summed E-state index contributed by atoms with van der Waals surface area (Å²) in [5.74, 6) is 2.16. The van der Waals surface area contributed by atoms with Crippen LogP contribution in [0.1, 0.15) is 11.1 Å². The molecule has 1 aromatic heterocycles. The van der Waals surface area contributed by atoms with Gasteiger partial charge in [-0.05, 0) is 17.7 Å². The molecule has 0 spiro atoms. The van der Waals surface area contributed by atoms with Crippen molar-refractivity contribution < 1.29 is 9.47 Å². The largest absolute Gasteiger partial charge is 0.496 e. The fraction of sp³-hybridized carbons (Fsp3) is 0.158. The zero-order valence-electron chi connectivity index (χ0n) is 14.1. The highest BCUT2D eigenvalue weighted by Gasteiger charge is 2.18. The summed E-state index contributed by atoms with van der Waals surface area (Å²) in [6.45, 7) is 0.587. The Balaban J connectivity index is 2.08. The first-order valence-electron chi connectivity index (χ1n) is 7.76. The molecule has 6 heteroatoms. The zero-order valence-corrected chi connectivity index (χ0v) is 14.9. The second-order valence-electron chi connectivity index (χ2n) is 5.44. The van der Waals surface area contributed by atoms with Gasteiger partial charge in [0.15, 0.2) is 0 Å². The molecule has 0 fully saturated rings. The first kappa shape index (κ1) is 17.0. The Hall–Kier alpha value is -2.86. The van der Waals surface area contributed by atoms with Crippen LogP contribution in [-0.2, 0) is 6.54 Å². The topological polar surface area (TPSA) is 62.3 Å². The van der Waals surface area contributed by atoms with Gasteiger partial charge >= 0.3 is 0 Å². The van der Waals surface area contributed by atoms with Crippen molar-refractivity contribution in [3.05, 3.63) is 66.0 Å². The highest BCUT2D eigenvalue weighted by atomic mass is 32.1. The van der Waals surface area contributed by atoms with E-state index in [1.807, 2.05) is 53.2 Å². The van der Waals surface area contributed by atoms with Crippen LogP contribution in [0.2, 0.25) is 0 Å². The summed E-state index contributed by atoms with van der Waals surface area (Å²) in [6, 6.07) is 13.5. The maximum absolute atomic E-state index is 5.85. The van der Waals surface area contributed by atoms with E-state index in [-0.39, 0.29) is 0 Å². The van der Waals surface area contributed by atoms with Crippen LogP contribution in [0.3, 0.4) is 0 Å². The number of methoxy groups -OCH3 is 2. The number of ether oxygens (including phenoxy) is 2. The van der Waals surface area contributed by atoms with Crippen LogP contribution in [0, 0.1) is 0 Å². The lowest BCUT2D eigenvalue weighted by Gasteiger charge is -2.15. The molecule has 0 aliphatic heterocycles.